The number of carboxylic acid groups (broad SMARTS) is 1. The van der Waals surface area contributed by atoms with Crippen LogP contribution in [0.15, 0.2) is 0 Å². The summed E-state index contributed by atoms with van der Waals surface area (Å²) in [5.41, 5.74) is 0.770. The lowest BCUT2D eigenvalue weighted by molar-refractivity contribution is -0.140. The highest BCUT2D eigenvalue weighted by molar-refractivity contribution is 7.15. The summed E-state index contributed by atoms with van der Waals surface area (Å²) in [6.07, 6.45) is 7.32. The van der Waals surface area contributed by atoms with Gasteiger partial charge in [-0.05, 0) is 37.5 Å². The van der Waals surface area contributed by atoms with Gasteiger partial charge in [-0.15, -0.1) is 11.3 Å². The molecule has 2 N–H and O–H groups in total. The predicted octanol–water partition coefficient (Wildman–Crippen LogP) is 3.00. The SMILES string of the molecule is O=C(O)CC1(CC(=O)Nc2nc3c(s2)CCC3)CCCC1. The van der Waals surface area contributed by atoms with Crippen LogP contribution >= 0.6 is 11.3 Å². The van der Waals surface area contributed by atoms with Gasteiger partial charge < -0.3 is 10.4 Å². The Balaban J connectivity index is 1.63. The van der Waals surface area contributed by atoms with Crippen molar-refractivity contribution in [2.24, 2.45) is 5.41 Å². The largest absolute Gasteiger partial charge is 0.481 e. The average molecular weight is 308 g/mol. The van der Waals surface area contributed by atoms with Gasteiger partial charge in [-0.3, -0.25) is 9.59 Å². The number of hydrogen-bond acceptors (Lipinski definition) is 4. The van der Waals surface area contributed by atoms with Crippen LogP contribution in [0.3, 0.4) is 0 Å². The first-order chi connectivity index (χ1) is 10.1. The van der Waals surface area contributed by atoms with E-state index in [4.69, 9.17) is 5.11 Å². The second kappa shape index (κ2) is 5.75. The van der Waals surface area contributed by atoms with E-state index in [1.54, 1.807) is 11.3 Å². The molecule has 0 unspecified atom stereocenters. The third kappa shape index (κ3) is 3.26. The van der Waals surface area contributed by atoms with E-state index >= 15 is 0 Å². The van der Waals surface area contributed by atoms with Gasteiger partial charge in [0.25, 0.3) is 0 Å². The number of nitrogens with zero attached hydrogens (tertiary/aromatic N) is 1. The van der Waals surface area contributed by atoms with Crippen LogP contribution in [0.1, 0.15) is 55.5 Å². The molecule has 0 spiro atoms. The van der Waals surface area contributed by atoms with Crippen molar-refractivity contribution in [2.75, 3.05) is 5.32 Å². The van der Waals surface area contributed by atoms with Gasteiger partial charge >= 0.3 is 5.97 Å². The first kappa shape index (κ1) is 14.5. The van der Waals surface area contributed by atoms with Crippen molar-refractivity contribution in [3.05, 3.63) is 10.6 Å². The molecule has 1 amide bonds. The van der Waals surface area contributed by atoms with Crippen LogP contribution in [0.5, 0.6) is 0 Å². The first-order valence-electron chi connectivity index (χ1n) is 7.57. The van der Waals surface area contributed by atoms with Crippen molar-refractivity contribution in [3.8, 4) is 0 Å². The van der Waals surface area contributed by atoms with Gasteiger partial charge in [0.1, 0.15) is 0 Å². The standard InChI is InChI=1S/C15H20N2O3S/c18-12(8-15(9-13(19)20)6-1-2-7-15)17-14-16-10-4-3-5-11(10)21-14/h1-9H2,(H,19,20)(H,16,17,18). The van der Waals surface area contributed by atoms with Crippen molar-refractivity contribution in [2.45, 2.75) is 57.8 Å². The molecule has 1 aromatic rings. The predicted molar refractivity (Wildman–Crippen MR) is 80.5 cm³/mol. The summed E-state index contributed by atoms with van der Waals surface area (Å²) in [5.74, 6) is -0.900. The molecular formula is C15H20N2O3S. The molecule has 1 saturated carbocycles. The number of fused-ring (bicyclic) bond motifs is 1. The molecule has 0 bridgehead atoms. The number of amides is 1. The molecule has 0 aromatic carbocycles. The maximum Gasteiger partial charge on any atom is 0.303 e. The summed E-state index contributed by atoms with van der Waals surface area (Å²) >= 11 is 1.56. The van der Waals surface area contributed by atoms with E-state index in [9.17, 15) is 9.59 Å². The van der Waals surface area contributed by atoms with Gasteiger partial charge in [0, 0.05) is 11.3 Å². The number of nitrogens with one attached hydrogen (secondary N) is 1. The lowest BCUT2D eigenvalue weighted by Gasteiger charge is -2.25. The van der Waals surface area contributed by atoms with Crippen LogP contribution in [-0.2, 0) is 22.4 Å². The van der Waals surface area contributed by atoms with Crippen LogP contribution in [0.4, 0.5) is 5.13 Å². The first-order valence-corrected chi connectivity index (χ1v) is 8.38. The van der Waals surface area contributed by atoms with Gasteiger partial charge in [-0.1, -0.05) is 12.8 Å². The monoisotopic (exact) mass is 308 g/mol. The molecule has 1 fully saturated rings. The van der Waals surface area contributed by atoms with Crippen molar-refractivity contribution < 1.29 is 14.7 Å². The van der Waals surface area contributed by atoms with E-state index in [0.717, 1.165) is 50.6 Å². The zero-order chi connectivity index (χ0) is 14.9. The highest BCUT2D eigenvalue weighted by atomic mass is 32.1. The maximum atomic E-state index is 12.2. The lowest BCUT2D eigenvalue weighted by Crippen LogP contribution is -2.27. The Kier molecular flexibility index (Phi) is 3.97. The van der Waals surface area contributed by atoms with Crippen LogP contribution in [0.2, 0.25) is 0 Å². The normalized spacial score (nSPS) is 19.4. The topological polar surface area (TPSA) is 79.3 Å². The van der Waals surface area contributed by atoms with Crippen molar-refractivity contribution in [1.82, 2.24) is 4.98 Å². The molecule has 1 heterocycles. The molecule has 2 aliphatic carbocycles. The number of thiazole rings is 1. The lowest BCUT2D eigenvalue weighted by atomic mass is 9.79. The number of aryl methyl sites for hydroxylation is 2. The summed E-state index contributed by atoms with van der Waals surface area (Å²) < 4.78 is 0. The molecule has 5 nitrogen and oxygen atoms in total. The number of rotatable bonds is 5. The van der Waals surface area contributed by atoms with Gasteiger partial charge in [-0.25, -0.2) is 4.98 Å². The number of anilines is 1. The van der Waals surface area contributed by atoms with E-state index in [2.05, 4.69) is 10.3 Å². The van der Waals surface area contributed by atoms with Crippen LogP contribution in [-0.4, -0.2) is 22.0 Å². The molecule has 114 valence electrons. The Hall–Kier alpha value is -1.43. The Labute approximate surface area is 127 Å². The summed E-state index contributed by atoms with van der Waals surface area (Å²) in [4.78, 5) is 29.0. The number of carbonyl (C=O) groups is 2. The summed E-state index contributed by atoms with van der Waals surface area (Å²) in [7, 11) is 0. The minimum absolute atomic E-state index is 0.0921. The number of aliphatic carboxylic acids is 1. The van der Waals surface area contributed by atoms with Crippen LogP contribution in [0.25, 0.3) is 0 Å². The molecule has 21 heavy (non-hydrogen) atoms. The molecular weight excluding hydrogens is 288 g/mol. The Morgan fingerprint density at radius 2 is 1.95 bits per heavy atom. The second-order valence-electron chi connectivity index (χ2n) is 6.25. The molecule has 3 rings (SSSR count). The quantitative estimate of drug-likeness (QED) is 0.876. The number of hydrogen-bond donors (Lipinski definition) is 2. The fraction of sp³-hybridized carbons (Fsp3) is 0.667. The molecule has 0 aliphatic heterocycles. The summed E-state index contributed by atoms with van der Waals surface area (Å²) in [6.45, 7) is 0. The smallest absolute Gasteiger partial charge is 0.303 e. The minimum atomic E-state index is -0.807. The van der Waals surface area contributed by atoms with Gasteiger partial charge in [-0.2, -0.15) is 0 Å². The Bertz CT molecular complexity index is 540. The van der Waals surface area contributed by atoms with Crippen LogP contribution < -0.4 is 5.32 Å². The van der Waals surface area contributed by atoms with Gasteiger partial charge in [0.05, 0.1) is 12.1 Å². The zero-order valence-corrected chi connectivity index (χ0v) is 12.8. The third-order valence-corrected chi connectivity index (χ3v) is 5.64. The van der Waals surface area contributed by atoms with E-state index in [0.29, 0.717) is 11.6 Å². The van der Waals surface area contributed by atoms with Gasteiger partial charge in [0.2, 0.25) is 5.91 Å². The van der Waals surface area contributed by atoms with Crippen molar-refractivity contribution in [3.63, 3.8) is 0 Å². The Morgan fingerprint density at radius 3 is 2.62 bits per heavy atom. The number of carboxylic acids is 1. The molecule has 0 atom stereocenters. The average Bonchev–Trinajstić information content (AvgIpc) is 3.04. The number of aromatic nitrogens is 1. The molecule has 0 radical (unpaired) electrons. The van der Waals surface area contributed by atoms with E-state index in [1.807, 2.05) is 0 Å². The fourth-order valence-electron chi connectivity index (χ4n) is 3.61. The highest BCUT2D eigenvalue weighted by Crippen LogP contribution is 2.44. The molecule has 2 aliphatic rings. The number of carbonyl (C=O) groups excluding carboxylic acids is 1. The highest BCUT2D eigenvalue weighted by Gasteiger charge is 2.38. The van der Waals surface area contributed by atoms with Gasteiger partial charge in [0.15, 0.2) is 5.13 Å². The Morgan fingerprint density at radius 1 is 1.19 bits per heavy atom. The second-order valence-corrected chi connectivity index (χ2v) is 7.33. The zero-order valence-electron chi connectivity index (χ0n) is 12.0. The van der Waals surface area contributed by atoms with E-state index in [-0.39, 0.29) is 17.7 Å². The van der Waals surface area contributed by atoms with E-state index < -0.39 is 5.97 Å². The van der Waals surface area contributed by atoms with Crippen molar-refractivity contribution in [1.29, 1.82) is 0 Å². The van der Waals surface area contributed by atoms with Crippen molar-refractivity contribution >= 4 is 28.3 Å². The van der Waals surface area contributed by atoms with E-state index in [1.165, 1.54) is 4.88 Å². The van der Waals surface area contributed by atoms with Crippen LogP contribution in [0, 0.1) is 5.41 Å². The minimum Gasteiger partial charge on any atom is -0.481 e. The third-order valence-electron chi connectivity index (χ3n) is 4.57. The summed E-state index contributed by atoms with van der Waals surface area (Å²) in [6, 6.07) is 0. The summed E-state index contributed by atoms with van der Waals surface area (Å²) in [5, 5.41) is 12.6. The maximum absolute atomic E-state index is 12.2. The fourth-order valence-corrected chi connectivity index (χ4v) is 4.68. The molecule has 1 aromatic heterocycles. The molecule has 6 heteroatoms. The molecule has 0 saturated heterocycles.